The second kappa shape index (κ2) is 23.3. The minimum absolute atomic E-state index is 0.0245. The topological polar surface area (TPSA) is 160 Å². The van der Waals surface area contributed by atoms with Gasteiger partial charge in [-0.2, -0.15) is 0 Å². The summed E-state index contributed by atoms with van der Waals surface area (Å²) in [6.45, 7) is 31.9. The maximum absolute atomic E-state index is 14.8. The number of unbranched alkanes of at least 4 members (excludes halogenated alkanes) is 2. The summed E-state index contributed by atoms with van der Waals surface area (Å²) in [5, 5.41) is 22.4. The maximum Gasteiger partial charge on any atom is 0.332 e. The van der Waals surface area contributed by atoms with Crippen LogP contribution < -0.4 is 35.8 Å². The molecule has 2 atom stereocenters. The van der Waals surface area contributed by atoms with Crippen LogP contribution in [0.2, 0.25) is 0 Å². The number of nitrogens with zero attached hydrogens (tertiary/aromatic N) is 2. The molecule has 2 aliphatic heterocycles. The molecule has 3 aliphatic rings. The summed E-state index contributed by atoms with van der Waals surface area (Å²) < 4.78 is 36.0. The number of fused-ring (bicyclic) bond motifs is 2. The second-order valence-electron chi connectivity index (χ2n) is 18.8. The molecule has 2 aromatic carbocycles. The molecule has 2 unspecified atom stereocenters. The fraction of sp³-hybridized carbons (Fsp3) is 0.640. The van der Waals surface area contributed by atoms with Crippen LogP contribution in [0.25, 0.3) is 11.1 Å². The maximum atomic E-state index is 14.8. The lowest BCUT2D eigenvalue weighted by Crippen LogP contribution is -2.42. The van der Waals surface area contributed by atoms with E-state index in [1.54, 1.807) is 0 Å². The largest absolute Gasteiger partial charge is 0.871 e. The van der Waals surface area contributed by atoms with Crippen molar-refractivity contribution < 1.29 is 46.6 Å². The number of hydrogen-bond donors (Lipinski definition) is 2. The molecule has 0 saturated carbocycles. The standard InChI is InChI=1S/C50H76N4O10P2/c1-15-59-65(60-16-2)63-25-21-19-23-43(55)51-39-29-41-37(49(11,12)33(9)53(41)31(5)6)27-35(39)45-47(57)46(48(45)58)36-28-38-42(54(32(7)8)34(10)50(38,13)14)30-40(36)52-44(56)24-20-22-26-64-66(61-17-3)62-18-4/h27-34H,15-26H2,1-14H3,(H2,51,52,55,56,57,58). The Balaban J connectivity index is 1.54. The molecule has 2 N–H and O–H groups in total. The summed E-state index contributed by atoms with van der Waals surface area (Å²) in [5.41, 5.74) is 3.60. The van der Waals surface area contributed by atoms with Crippen molar-refractivity contribution in [1.29, 1.82) is 0 Å². The monoisotopic (exact) mass is 955 g/mol. The Bertz CT molecular complexity index is 2230. The molecule has 2 aromatic rings. The Kier molecular flexibility index (Phi) is 19.0. The van der Waals surface area contributed by atoms with Crippen LogP contribution in [0.5, 0.6) is 0 Å². The Morgan fingerprint density at radius 3 is 1.70 bits per heavy atom. The third-order valence-electron chi connectivity index (χ3n) is 13.2. The van der Waals surface area contributed by atoms with Gasteiger partial charge in [0.15, 0.2) is 11.8 Å². The van der Waals surface area contributed by atoms with E-state index in [1.807, 2.05) is 52.0 Å². The lowest BCUT2D eigenvalue weighted by atomic mass is 9.76. The van der Waals surface area contributed by atoms with Gasteiger partial charge in [0.2, 0.25) is 17.2 Å². The summed E-state index contributed by atoms with van der Waals surface area (Å²) in [6.07, 6.45) is 2.75. The highest BCUT2D eigenvalue weighted by atomic mass is 31.2. The Labute approximate surface area is 395 Å². The van der Waals surface area contributed by atoms with Crippen molar-refractivity contribution in [3.05, 3.63) is 57.3 Å². The summed E-state index contributed by atoms with van der Waals surface area (Å²) in [7, 11) is -2.86. The number of benzene rings is 2. The molecule has 0 spiro atoms. The van der Waals surface area contributed by atoms with Crippen molar-refractivity contribution in [2.75, 3.05) is 55.2 Å². The van der Waals surface area contributed by atoms with Crippen LogP contribution in [0.1, 0.15) is 152 Å². The quantitative estimate of drug-likeness (QED) is 0.0558. The van der Waals surface area contributed by atoms with Gasteiger partial charge in [0.1, 0.15) is 6.04 Å². The van der Waals surface area contributed by atoms with E-state index < -0.39 is 28.7 Å². The average molecular weight is 955 g/mol. The van der Waals surface area contributed by atoms with Crippen molar-refractivity contribution >= 4 is 63.0 Å². The number of Topliss-reactive ketones (excluding diaryl/α,β-unsaturated/α-hetero) is 1. The van der Waals surface area contributed by atoms with E-state index in [9.17, 15) is 19.5 Å². The number of amides is 2. The van der Waals surface area contributed by atoms with Gasteiger partial charge in [-0.05, 0) is 133 Å². The van der Waals surface area contributed by atoms with E-state index in [2.05, 4.69) is 89.3 Å². The molecule has 1 aliphatic carbocycles. The number of allylic oxidation sites excluding steroid dienone is 2. The number of carbonyl (C=O) groups excluding carboxylic acids is 3. The van der Waals surface area contributed by atoms with Gasteiger partial charge in [0.05, 0.1) is 56.4 Å². The van der Waals surface area contributed by atoms with Crippen LogP contribution in [0, 0.1) is 0 Å². The Hall–Kier alpha value is -3.32. The van der Waals surface area contributed by atoms with Crippen molar-refractivity contribution in [2.45, 2.75) is 170 Å². The summed E-state index contributed by atoms with van der Waals surface area (Å²) >= 11 is 0. The molecule has 5 rings (SSSR count). The van der Waals surface area contributed by atoms with E-state index in [0.717, 1.165) is 22.2 Å². The van der Waals surface area contributed by atoms with Crippen LogP contribution >= 0.6 is 17.2 Å². The third kappa shape index (κ3) is 11.6. The first-order valence-electron chi connectivity index (χ1n) is 24.0. The lowest BCUT2D eigenvalue weighted by molar-refractivity contribution is -0.292. The highest BCUT2D eigenvalue weighted by molar-refractivity contribution is 7.41. The van der Waals surface area contributed by atoms with Gasteiger partial charge in [-0.1, -0.05) is 19.6 Å². The minimum atomic E-state index is -1.43. The van der Waals surface area contributed by atoms with Gasteiger partial charge >= 0.3 is 17.2 Å². The van der Waals surface area contributed by atoms with Crippen LogP contribution in [-0.4, -0.2) is 81.4 Å². The normalized spacial score (nSPS) is 19.4. The first-order chi connectivity index (χ1) is 31.3. The summed E-state index contributed by atoms with van der Waals surface area (Å²) in [4.78, 5) is 44.6. The van der Waals surface area contributed by atoms with Gasteiger partial charge in [-0.3, -0.25) is 14.4 Å². The van der Waals surface area contributed by atoms with Crippen molar-refractivity contribution in [2.24, 2.45) is 0 Å². The molecule has 0 fully saturated rings. The number of hydrogen-bond acceptors (Lipinski definition) is 11. The van der Waals surface area contributed by atoms with E-state index in [1.165, 1.54) is 0 Å². The number of nitrogens with one attached hydrogen (secondary N) is 2. The molecule has 0 saturated heterocycles. The molecule has 2 heterocycles. The molecule has 66 heavy (non-hydrogen) atoms. The zero-order chi connectivity index (χ0) is 48.7. The molecular weight excluding hydrogens is 879 g/mol. The van der Waals surface area contributed by atoms with E-state index in [-0.39, 0.29) is 70.8 Å². The molecule has 16 heteroatoms. The second-order valence-corrected chi connectivity index (χ2v) is 21.3. The fourth-order valence-corrected chi connectivity index (χ4v) is 11.1. The van der Waals surface area contributed by atoms with Crippen molar-refractivity contribution in [1.82, 2.24) is 4.58 Å². The molecule has 0 bridgehead atoms. The fourth-order valence-electron chi connectivity index (χ4n) is 9.28. The van der Waals surface area contributed by atoms with Crippen molar-refractivity contribution in [3.63, 3.8) is 0 Å². The molecule has 0 radical (unpaired) electrons. The summed E-state index contributed by atoms with van der Waals surface area (Å²) in [5.74, 6) is -1.31. The SMILES string of the molecule is CCOP(OCC)OCCCCC(=O)Nc1cc2c(cc1C1=C([O-])/C(=c3/cc4c(cc3NC(=O)CCCCOP(OCC)OCC)=[N+](C(C)C)C(C)C4(C)C)C1=O)C(C)(C)C(C)N2C(C)C. The first kappa shape index (κ1) is 53.6. The number of ketones is 1. The zero-order valence-corrected chi connectivity index (χ0v) is 43.8. The third-order valence-corrected chi connectivity index (χ3v) is 15.8. The number of anilines is 3. The number of carbonyl (C=O) groups is 3. The summed E-state index contributed by atoms with van der Waals surface area (Å²) in [6, 6.07) is 8.27. The van der Waals surface area contributed by atoms with Crippen LogP contribution in [0.15, 0.2) is 30.0 Å². The van der Waals surface area contributed by atoms with Crippen LogP contribution in [-0.2, 0) is 52.4 Å². The predicted molar refractivity (Wildman–Crippen MR) is 264 cm³/mol. The van der Waals surface area contributed by atoms with Gasteiger partial charge < -0.3 is 47.8 Å². The molecule has 14 nitrogen and oxygen atoms in total. The molecular formula is C50H76N4O10P2. The Morgan fingerprint density at radius 1 is 0.712 bits per heavy atom. The molecule has 0 aromatic heterocycles. The van der Waals surface area contributed by atoms with Crippen LogP contribution in [0.4, 0.5) is 17.1 Å². The average Bonchev–Trinajstić information content (AvgIpc) is 3.56. The van der Waals surface area contributed by atoms with Crippen LogP contribution in [0.3, 0.4) is 0 Å². The minimum Gasteiger partial charge on any atom is -0.871 e. The molecule has 2 amide bonds. The van der Waals surface area contributed by atoms with Crippen molar-refractivity contribution in [3.8, 4) is 0 Å². The Morgan fingerprint density at radius 2 is 1.23 bits per heavy atom. The van der Waals surface area contributed by atoms with Gasteiger partial charge in [-0.25, -0.2) is 4.58 Å². The van der Waals surface area contributed by atoms with Gasteiger partial charge in [-0.15, -0.1) is 0 Å². The zero-order valence-electron chi connectivity index (χ0n) is 42.0. The van der Waals surface area contributed by atoms with Gasteiger partial charge in [0, 0.05) is 69.6 Å². The smallest absolute Gasteiger partial charge is 0.332 e. The number of rotatable bonds is 25. The highest BCUT2D eigenvalue weighted by Gasteiger charge is 2.47. The van der Waals surface area contributed by atoms with E-state index in [4.69, 9.17) is 27.1 Å². The predicted octanol–water partition coefficient (Wildman–Crippen LogP) is 8.52. The van der Waals surface area contributed by atoms with E-state index in [0.29, 0.717) is 87.5 Å². The first-order valence-corrected chi connectivity index (χ1v) is 26.2. The highest BCUT2D eigenvalue weighted by Crippen LogP contribution is 2.51. The van der Waals surface area contributed by atoms with E-state index >= 15 is 0 Å². The lowest BCUT2D eigenvalue weighted by Gasteiger charge is -2.34. The molecule has 366 valence electrons. The van der Waals surface area contributed by atoms with Gasteiger partial charge in [0.25, 0.3) is 0 Å².